The molecule has 0 saturated carbocycles. The summed E-state index contributed by atoms with van der Waals surface area (Å²) < 4.78 is 5.06. The van der Waals surface area contributed by atoms with Crippen LogP contribution in [-0.2, 0) is 11.3 Å². The summed E-state index contributed by atoms with van der Waals surface area (Å²) in [6, 6.07) is 6.79. The van der Waals surface area contributed by atoms with E-state index in [1.807, 2.05) is 17.8 Å². The topological polar surface area (TPSA) is 24.5 Å². The van der Waals surface area contributed by atoms with Crippen molar-refractivity contribution < 1.29 is 4.74 Å². The number of anilines is 1. The molecule has 5 heteroatoms. The normalized spacial score (nSPS) is 18.4. The molecule has 0 aromatic heterocycles. The summed E-state index contributed by atoms with van der Waals surface area (Å²) >= 11 is 8.21. The minimum atomic E-state index is 0.621. The third-order valence-electron chi connectivity index (χ3n) is 3.68. The van der Waals surface area contributed by atoms with Crippen LogP contribution in [0.1, 0.15) is 12.0 Å². The molecular formula is C15H23ClN2OS. The zero-order valence-corrected chi connectivity index (χ0v) is 13.8. The van der Waals surface area contributed by atoms with Gasteiger partial charge in [0.25, 0.3) is 0 Å². The van der Waals surface area contributed by atoms with Gasteiger partial charge in [0.05, 0.1) is 6.61 Å². The predicted octanol–water partition coefficient (Wildman–Crippen LogP) is 3.02. The average Bonchev–Trinajstić information content (AvgIpc) is 2.98. The smallest absolute Gasteiger partial charge is 0.0587 e. The molecular weight excluding hydrogens is 292 g/mol. The number of benzene rings is 1. The largest absolute Gasteiger partial charge is 0.383 e. The van der Waals surface area contributed by atoms with Crippen molar-refractivity contribution in [3.63, 3.8) is 0 Å². The molecule has 1 fully saturated rings. The van der Waals surface area contributed by atoms with E-state index in [9.17, 15) is 0 Å². The van der Waals surface area contributed by atoms with Crippen molar-refractivity contribution >= 4 is 29.1 Å². The Hall–Kier alpha value is -0.420. The van der Waals surface area contributed by atoms with Crippen LogP contribution in [0.15, 0.2) is 18.2 Å². The van der Waals surface area contributed by atoms with Gasteiger partial charge in [-0.3, -0.25) is 0 Å². The fourth-order valence-electron chi connectivity index (χ4n) is 2.44. The Balaban J connectivity index is 2.06. The van der Waals surface area contributed by atoms with E-state index in [0.29, 0.717) is 6.04 Å². The molecule has 112 valence electrons. The van der Waals surface area contributed by atoms with Crippen LogP contribution in [-0.4, -0.2) is 44.9 Å². The Kier molecular flexibility index (Phi) is 6.49. The highest BCUT2D eigenvalue weighted by atomic mass is 35.5. The van der Waals surface area contributed by atoms with Crippen molar-refractivity contribution in [2.45, 2.75) is 19.0 Å². The van der Waals surface area contributed by atoms with Gasteiger partial charge >= 0.3 is 0 Å². The lowest BCUT2D eigenvalue weighted by Gasteiger charge is -2.28. The van der Waals surface area contributed by atoms with Crippen LogP contribution in [0.2, 0.25) is 5.02 Å². The Morgan fingerprint density at radius 3 is 3.05 bits per heavy atom. The van der Waals surface area contributed by atoms with E-state index in [-0.39, 0.29) is 0 Å². The molecule has 0 aliphatic carbocycles. The Labute approximate surface area is 131 Å². The highest BCUT2D eigenvalue weighted by molar-refractivity contribution is 7.99. The SMILES string of the molecule is COCCNCc1ccc(Cl)cc1N(C)C1CCSC1. The first-order valence-corrected chi connectivity index (χ1v) is 8.54. The molecule has 3 nitrogen and oxygen atoms in total. The van der Waals surface area contributed by atoms with Gasteiger partial charge < -0.3 is 15.0 Å². The fourth-order valence-corrected chi connectivity index (χ4v) is 3.87. The number of thioether (sulfide) groups is 1. The zero-order valence-electron chi connectivity index (χ0n) is 12.2. The van der Waals surface area contributed by atoms with E-state index in [0.717, 1.165) is 24.7 Å². The van der Waals surface area contributed by atoms with Crippen LogP contribution in [0.4, 0.5) is 5.69 Å². The third-order valence-corrected chi connectivity index (χ3v) is 5.06. The van der Waals surface area contributed by atoms with Gasteiger partial charge in [0.15, 0.2) is 0 Å². The second kappa shape index (κ2) is 8.13. The number of methoxy groups -OCH3 is 1. The number of hydrogen-bond acceptors (Lipinski definition) is 4. The highest BCUT2D eigenvalue weighted by Crippen LogP contribution is 2.30. The summed E-state index contributed by atoms with van der Waals surface area (Å²) in [7, 11) is 3.90. The molecule has 0 bridgehead atoms. The van der Waals surface area contributed by atoms with Crippen molar-refractivity contribution in [2.24, 2.45) is 0 Å². The summed E-state index contributed by atoms with van der Waals surface area (Å²) in [6.45, 7) is 2.44. The molecule has 0 radical (unpaired) electrons. The summed E-state index contributed by atoms with van der Waals surface area (Å²) in [5.74, 6) is 2.47. The first-order chi connectivity index (χ1) is 9.72. The van der Waals surface area contributed by atoms with Crippen LogP contribution in [0.3, 0.4) is 0 Å². The predicted molar refractivity (Wildman–Crippen MR) is 89.2 cm³/mol. The third kappa shape index (κ3) is 4.29. The second-order valence-corrected chi connectivity index (χ2v) is 6.66. The van der Waals surface area contributed by atoms with Crippen LogP contribution >= 0.6 is 23.4 Å². The van der Waals surface area contributed by atoms with Crippen LogP contribution in [0, 0.1) is 0 Å². The van der Waals surface area contributed by atoms with E-state index in [2.05, 4.69) is 29.4 Å². The molecule has 1 aromatic carbocycles. The Morgan fingerprint density at radius 2 is 2.35 bits per heavy atom. The van der Waals surface area contributed by atoms with E-state index in [4.69, 9.17) is 16.3 Å². The maximum absolute atomic E-state index is 6.18. The van der Waals surface area contributed by atoms with E-state index < -0.39 is 0 Å². The van der Waals surface area contributed by atoms with Gasteiger partial charge in [-0.25, -0.2) is 0 Å². The van der Waals surface area contributed by atoms with Crippen LogP contribution in [0.5, 0.6) is 0 Å². The van der Waals surface area contributed by atoms with Crippen LogP contribution < -0.4 is 10.2 Å². The maximum Gasteiger partial charge on any atom is 0.0587 e. The van der Waals surface area contributed by atoms with Crippen LogP contribution in [0.25, 0.3) is 0 Å². The summed E-state index contributed by atoms with van der Waals surface area (Å²) in [5.41, 5.74) is 2.54. The quantitative estimate of drug-likeness (QED) is 0.782. The second-order valence-electron chi connectivity index (χ2n) is 5.07. The number of nitrogens with zero attached hydrogens (tertiary/aromatic N) is 1. The van der Waals surface area contributed by atoms with Gasteiger partial charge in [-0.05, 0) is 29.9 Å². The first-order valence-electron chi connectivity index (χ1n) is 7.01. The highest BCUT2D eigenvalue weighted by Gasteiger charge is 2.22. The molecule has 1 saturated heterocycles. The minimum Gasteiger partial charge on any atom is -0.383 e. The summed E-state index contributed by atoms with van der Waals surface area (Å²) in [6.07, 6.45) is 1.25. The number of hydrogen-bond donors (Lipinski definition) is 1. The maximum atomic E-state index is 6.18. The van der Waals surface area contributed by atoms with Gasteiger partial charge in [0.1, 0.15) is 0 Å². The number of nitrogens with one attached hydrogen (secondary N) is 1. The lowest BCUT2D eigenvalue weighted by Crippen LogP contribution is -2.32. The lowest BCUT2D eigenvalue weighted by molar-refractivity contribution is 0.199. The molecule has 1 aromatic rings. The Morgan fingerprint density at radius 1 is 1.50 bits per heavy atom. The van der Waals surface area contributed by atoms with Gasteiger partial charge in [-0.2, -0.15) is 11.8 Å². The molecule has 1 aliphatic rings. The van der Waals surface area contributed by atoms with Gasteiger partial charge in [0, 0.05) is 49.8 Å². The van der Waals surface area contributed by atoms with Crippen molar-refractivity contribution in [1.29, 1.82) is 0 Å². The standard InChI is InChI=1S/C15H23ClN2OS/c1-18(14-5-8-20-11-14)15-9-13(16)4-3-12(15)10-17-6-7-19-2/h3-4,9,14,17H,5-8,10-11H2,1-2H3. The Bertz CT molecular complexity index is 424. The summed E-state index contributed by atoms with van der Waals surface area (Å²) in [4.78, 5) is 2.39. The number of rotatable bonds is 7. The lowest BCUT2D eigenvalue weighted by atomic mass is 10.1. The molecule has 2 rings (SSSR count). The molecule has 20 heavy (non-hydrogen) atoms. The molecule has 0 spiro atoms. The van der Waals surface area contributed by atoms with Gasteiger partial charge in [0.2, 0.25) is 0 Å². The number of halogens is 1. The average molecular weight is 315 g/mol. The van der Waals surface area contributed by atoms with Crippen molar-refractivity contribution in [3.8, 4) is 0 Å². The molecule has 1 unspecified atom stereocenters. The van der Waals surface area contributed by atoms with E-state index in [1.54, 1.807) is 7.11 Å². The summed E-state index contributed by atoms with van der Waals surface area (Å²) in [5, 5.41) is 4.21. The van der Waals surface area contributed by atoms with Gasteiger partial charge in [-0.1, -0.05) is 17.7 Å². The molecule has 0 amide bonds. The molecule has 1 aliphatic heterocycles. The van der Waals surface area contributed by atoms with Crippen molar-refractivity contribution in [1.82, 2.24) is 5.32 Å². The van der Waals surface area contributed by atoms with Crippen molar-refractivity contribution in [3.05, 3.63) is 28.8 Å². The van der Waals surface area contributed by atoms with E-state index >= 15 is 0 Å². The monoisotopic (exact) mass is 314 g/mol. The zero-order chi connectivity index (χ0) is 14.4. The first kappa shape index (κ1) is 16.0. The van der Waals surface area contributed by atoms with Gasteiger partial charge in [-0.15, -0.1) is 0 Å². The van der Waals surface area contributed by atoms with Crippen molar-refractivity contribution in [2.75, 3.05) is 43.7 Å². The fraction of sp³-hybridized carbons (Fsp3) is 0.600. The molecule has 1 heterocycles. The molecule has 1 atom stereocenters. The van der Waals surface area contributed by atoms with E-state index in [1.165, 1.54) is 29.2 Å². The minimum absolute atomic E-state index is 0.621. The number of ether oxygens (including phenoxy) is 1. The molecule has 1 N–H and O–H groups in total.